The van der Waals surface area contributed by atoms with Crippen LogP contribution in [0.15, 0.2) is 5.38 Å². The van der Waals surface area contributed by atoms with E-state index in [1.165, 1.54) is 7.11 Å². The number of thiazole rings is 1. The van der Waals surface area contributed by atoms with E-state index >= 15 is 0 Å². The first-order valence-corrected chi connectivity index (χ1v) is 6.64. The van der Waals surface area contributed by atoms with Crippen molar-refractivity contribution >= 4 is 17.3 Å². The van der Waals surface area contributed by atoms with Crippen molar-refractivity contribution in [3.8, 4) is 0 Å². The van der Waals surface area contributed by atoms with Gasteiger partial charge in [-0.3, -0.25) is 4.79 Å². The summed E-state index contributed by atoms with van der Waals surface area (Å²) >= 11 is 1.60. The van der Waals surface area contributed by atoms with Gasteiger partial charge in [-0.2, -0.15) is 0 Å². The standard InChI is InChI=1S/C12H17NO2S/c1-3-5-9-8-16-10(13-9)12(6-4-7-12)11(14)15-2/h8H,3-7H2,1-2H3. The van der Waals surface area contributed by atoms with Crippen molar-refractivity contribution in [1.29, 1.82) is 0 Å². The van der Waals surface area contributed by atoms with Crippen LogP contribution in [-0.4, -0.2) is 18.1 Å². The summed E-state index contributed by atoms with van der Waals surface area (Å²) < 4.78 is 4.91. The highest BCUT2D eigenvalue weighted by Crippen LogP contribution is 2.45. The highest BCUT2D eigenvalue weighted by atomic mass is 32.1. The van der Waals surface area contributed by atoms with Crippen molar-refractivity contribution in [2.45, 2.75) is 44.4 Å². The Morgan fingerprint density at radius 3 is 2.88 bits per heavy atom. The Balaban J connectivity index is 2.23. The van der Waals surface area contributed by atoms with Crippen LogP contribution in [0.3, 0.4) is 0 Å². The van der Waals surface area contributed by atoms with Crippen LogP contribution in [0, 0.1) is 0 Å². The lowest BCUT2D eigenvalue weighted by Gasteiger charge is -2.36. The molecule has 1 saturated carbocycles. The van der Waals surface area contributed by atoms with Gasteiger partial charge in [-0.25, -0.2) is 4.98 Å². The van der Waals surface area contributed by atoms with Crippen molar-refractivity contribution in [1.82, 2.24) is 4.98 Å². The lowest BCUT2D eigenvalue weighted by Crippen LogP contribution is -2.43. The van der Waals surface area contributed by atoms with Crippen LogP contribution in [0.25, 0.3) is 0 Å². The van der Waals surface area contributed by atoms with Gasteiger partial charge < -0.3 is 4.74 Å². The normalized spacial score (nSPS) is 17.9. The Hall–Kier alpha value is -0.900. The van der Waals surface area contributed by atoms with Crippen LogP contribution in [0.2, 0.25) is 0 Å². The topological polar surface area (TPSA) is 39.2 Å². The first-order chi connectivity index (χ1) is 7.73. The minimum absolute atomic E-state index is 0.115. The third kappa shape index (κ3) is 1.75. The third-order valence-corrected chi connectivity index (χ3v) is 4.35. The highest BCUT2D eigenvalue weighted by molar-refractivity contribution is 7.10. The van der Waals surface area contributed by atoms with Crippen molar-refractivity contribution < 1.29 is 9.53 Å². The molecule has 1 aromatic rings. The second kappa shape index (κ2) is 4.53. The smallest absolute Gasteiger partial charge is 0.318 e. The van der Waals surface area contributed by atoms with E-state index in [0.717, 1.165) is 42.8 Å². The van der Waals surface area contributed by atoms with Gasteiger partial charge in [0.1, 0.15) is 10.4 Å². The van der Waals surface area contributed by atoms with E-state index < -0.39 is 5.41 Å². The van der Waals surface area contributed by atoms with Crippen LogP contribution >= 0.6 is 11.3 Å². The third-order valence-electron chi connectivity index (χ3n) is 3.25. The van der Waals surface area contributed by atoms with Crippen molar-refractivity contribution in [3.05, 3.63) is 16.1 Å². The van der Waals surface area contributed by atoms with E-state index in [0.29, 0.717) is 0 Å². The molecule has 0 atom stereocenters. The number of hydrogen-bond acceptors (Lipinski definition) is 4. The molecule has 1 aromatic heterocycles. The molecule has 0 saturated heterocycles. The summed E-state index contributed by atoms with van der Waals surface area (Å²) in [4.78, 5) is 16.4. The van der Waals surface area contributed by atoms with E-state index in [1.807, 2.05) is 0 Å². The van der Waals surface area contributed by atoms with Crippen molar-refractivity contribution in [2.75, 3.05) is 7.11 Å². The predicted molar refractivity (Wildman–Crippen MR) is 63.7 cm³/mol. The molecule has 0 spiro atoms. The number of aromatic nitrogens is 1. The summed E-state index contributed by atoms with van der Waals surface area (Å²) in [6.07, 6.45) is 4.96. The zero-order valence-corrected chi connectivity index (χ0v) is 10.6. The maximum atomic E-state index is 11.8. The van der Waals surface area contributed by atoms with Crippen LogP contribution in [0.4, 0.5) is 0 Å². The molecule has 1 aliphatic carbocycles. The maximum absolute atomic E-state index is 11.8. The molecular formula is C12H17NO2S. The fourth-order valence-electron chi connectivity index (χ4n) is 2.13. The number of methoxy groups -OCH3 is 1. The summed E-state index contributed by atoms with van der Waals surface area (Å²) in [6, 6.07) is 0. The van der Waals surface area contributed by atoms with Gasteiger partial charge in [-0.15, -0.1) is 11.3 Å². The van der Waals surface area contributed by atoms with E-state index in [9.17, 15) is 4.79 Å². The molecule has 88 valence electrons. The van der Waals surface area contributed by atoms with Gasteiger partial charge in [0.25, 0.3) is 0 Å². The number of esters is 1. The molecule has 4 heteroatoms. The van der Waals surface area contributed by atoms with Crippen molar-refractivity contribution in [2.24, 2.45) is 0 Å². The molecule has 0 bridgehead atoms. The minimum atomic E-state index is -0.411. The number of aryl methyl sites for hydroxylation is 1. The lowest BCUT2D eigenvalue weighted by atomic mass is 9.69. The Morgan fingerprint density at radius 1 is 1.62 bits per heavy atom. The largest absolute Gasteiger partial charge is 0.468 e. The first-order valence-electron chi connectivity index (χ1n) is 5.76. The summed E-state index contributed by atoms with van der Waals surface area (Å²) in [5.41, 5.74) is 0.698. The fourth-order valence-corrected chi connectivity index (χ4v) is 3.23. The second-order valence-electron chi connectivity index (χ2n) is 4.32. The zero-order chi connectivity index (χ0) is 11.6. The fraction of sp³-hybridized carbons (Fsp3) is 0.667. The van der Waals surface area contributed by atoms with Crippen molar-refractivity contribution in [3.63, 3.8) is 0 Å². The maximum Gasteiger partial charge on any atom is 0.318 e. The molecule has 0 N–H and O–H groups in total. The quantitative estimate of drug-likeness (QED) is 0.758. The number of carbonyl (C=O) groups is 1. The minimum Gasteiger partial charge on any atom is -0.468 e. The Bertz CT molecular complexity index is 382. The Labute approximate surface area is 99.8 Å². The molecule has 0 aliphatic heterocycles. The van der Waals surface area contributed by atoms with Crippen LogP contribution in [0.5, 0.6) is 0 Å². The van der Waals surface area contributed by atoms with E-state index in [4.69, 9.17) is 4.74 Å². The molecule has 2 rings (SSSR count). The molecule has 1 aliphatic rings. The first kappa shape index (κ1) is 11.6. The molecule has 0 radical (unpaired) electrons. The molecule has 1 heterocycles. The predicted octanol–water partition coefficient (Wildman–Crippen LogP) is 2.69. The number of rotatable bonds is 4. The molecule has 0 unspecified atom stereocenters. The van der Waals surface area contributed by atoms with Crippen LogP contribution < -0.4 is 0 Å². The summed E-state index contributed by atoms with van der Waals surface area (Å²) in [5.74, 6) is -0.115. The zero-order valence-electron chi connectivity index (χ0n) is 9.78. The van der Waals surface area contributed by atoms with E-state index in [1.54, 1.807) is 11.3 Å². The van der Waals surface area contributed by atoms with Gasteiger partial charge in [0.15, 0.2) is 0 Å². The number of ether oxygens (including phenoxy) is 1. The number of hydrogen-bond donors (Lipinski definition) is 0. The van der Waals surface area contributed by atoms with E-state index in [2.05, 4.69) is 17.3 Å². The summed E-state index contributed by atoms with van der Waals surface area (Å²) in [7, 11) is 1.46. The number of nitrogens with zero attached hydrogens (tertiary/aromatic N) is 1. The Kier molecular flexibility index (Phi) is 3.28. The monoisotopic (exact) mass is 239 g/mol. The molecule has 3 nitrogen and oxygen atoms in total. The van der Waals surface area contributed by atoms with Gasteiger partial charge in [0.2, 0.25) is 0 Å². The highest BCUT2D eigenvalue weighted by Gasteiger charge is 2.49. The summed E-state index contributed by atoms with van der Waals surface area (Å²) in [5, 5.41) is 3.02. The molecule has 1 fully saturated rings. The second-order valence-corrected chi connectivity index (χ2v) is 5.18. The summed E-state index contributed by atoms with van der Waals surface area (Å²) in [6.45, 7) is 2.14. The van der Waals surface area contributed by atoms with Gasteiger partial charge in [-0.1, -0.05) is 19.8 Å². The molecule has 16 heavy (non-hydrogen) atoms. The van der Waals surface area contributed by atoms with Gasteiger partial charge in [0.05, 0.1) is 12.8 Å². The molecule has 0 aromatic carbocycles. The van der Waals surface area contributed by atoms with E-state index in [-0.39, 0.29) is 5.97 Å². The van der Waals surface area contributed by atoms with Gasteiger partial charge >= 0.3 is 5.97 Å². The lowest BCUT2D eigenvalue weighted by molar-refractivity contribution is -0.151. The Morgan fingerprint density at radius 2 is 2.38 bits per heavy atom. The average Bonchev–Trinajstić information content (AvgIpc) is 2.65. The molecular weight excluding hydrogens is 222 g/mol. The average molecular weight is 239 g/mol. The van der Waals surface area contributed by atoms with Crippen LogP contribution in [0.1, 0.15) is 43.3 Å². The molecule has 0 amide bonds. The van der Waals surface area contributed by atoms with Gasteiger partial charge in [-0.05, 0) is 19.3 Å². The van der Waals surface area contributed by atoms with Crippen LogP contribution in [-0.2, 0) is 21.4 Å². The number of carbonyl (C=O) groups excluding carboxylic acids is 1. The SMILES string of the molecule is CCCc1csc(C2(C(=O)OC)CCC2)n1. The van der Waals surface area contributed by atoms with Gasteiger partial charge in [0, 0.05) is 5.38 Å².